The zero-order chi connectivity index (χ0) is 8.43. The van der Waals surface area contributed by atoms with Gasteiger partial charge in [0.25, 0.3) is 0 Å². The Labute approximate surface area is 68.8 Å². The van der Waals surface area contributed by atoms with Crippen molar-refractivity contribution in [2.75, 3.05) is 0 Å². The third kappa shape index (κ3) is 1.93. The molecule has 0 N–H and O–H groups in total. The molecule has 1 aliphatic rings. The van der Waals surface area contributed by atoms with Gasteiger partial charge in [-0.2, -0.15) is 0 Å². The fourth-order valence-electron chi connectivity index (χ4n) is 1.19. The van der Waals surface area contributed by atoms with Crippen molar-refractivity contribution in [1.29, 1.82) is 0 Å². The molecule has 0 spiro atoms. The third-order valence-corrected chi connectivity index (χ3v) is 2.21. The number of ether oxygens (including phenoxy) is 1. The van der Waals surface area contributed by atoms with E-state index in [1.54, 1.807) is 0 Å². The highest BCUT2D eigenvalue weighted by Crippen LogP contribution is 2.21. The zero-order valence-electron chi connectivity index (χ0n) is 7.55. The Morgan fingerprint density at radius 3 is 2.82 bits per heavy atom. The third-order valence-electron chi connectivity index (χ3n) is 2.21. The summed E-state index contributed by atoms with van der Waals surface area (Å²) in [5.41, 5.74) is 2.46. The van der Waals surface area contributed by atoms with E-state index in [0.29, 0.717) is 0 Å². The second kappa shape index (κ2) is 3.22. The van der Waals surface area contributed by atoms with E-state index in [1.165, 1.54) is 5.57 Å². The van der Waals surface area contributed by atoms with Crippen LogP contribution in [0.3, 0.4) is 0 Å². The van der Waals surface area contributed by atoms with E-state index in [2.05, 4.69) is 26.5 Å². The van der Waals surface area contributed by atoms with Crippen LogP contribution >= 0.6 is 0 Å². The maximum atomic E-state index is 5.69. The first kappa shape index (κ1) is 8.54. The molecule has 0 saturated heterocycles. The molecule has 1 aliphatic heterocycles. The molecular weight excluding hydrogens is 136 g/mol. The fourth-order valence-corrected chi connectivity index (χ4v) is 1.19. The van der Waals surface area contributed by atoms with Crippen LogP contribution in [-0.2, 0) is 4.74 Å². The predicted molar refractivity (Wildman–Crippen MR) is 47.5 cm³/mol. The molecule has 0 aromatic carbocycles. The van der Waals surface area contributed by atoms with Gasteiger partial charge in [-0.25, -0.2) is 0 Å². The van der Waals surface area contributed by atoms with Crippen molar-refractivity contribution in [3.05, 3.63) is 23.8 Å². The normalized spacial score (nSPS) is 31.4. The number of rotatable bonds is 1. The van der Waals surface area contributed by atoms with Crippen LogP contribution in [-0.4, -0.2) is 12.2 Å². The molecule has 1 heterocycles. The van der Waals surface area contributed by atoms with E-state index in [1.807, 2.05) is 6.92 Å². The quantitative estimate of drug-likeness (QED) is 0.525. The fraction of sp³-hybridized carbons (Fsp3) is 0.600. The molecule has 0 radical (unpaired) electrons. The monoisotopic (exact) mass is 152 g/mol. The minimum atomic E-state index is 0.244. The van der Waals surface area contributed by atoms with Crippen molar-refractivity contribution in [2.45, 2.75) is 39.4 Å². The molecule has 62 valence electrons. The van der Waals surface area contributed by atoms with Crippen molar-refractivity contribution in [2.24, 2.45) is 0 Å². The Bertz CT molecular complexity index is 191. The van der Waals surface area contributed by atoms with E-state index in [9.17, 15) is 0 Å². The summed E-state index contributed by atoms with van der Waals surface area (Å²) in [5, 5.41) is 0. The van der Waals surface area contributed by atoms with Gasteiger partial charge in [-0.05, 0) is 32.8 Å². The minimum absolute atomic E-state index is 0.244. The summed E-state index contributed by atoms with van der Waals surface area (Å²) in [7, 11) is 0. The molecule has 1 unspecified atom stereocenters. The highest BCUT2D eigenvalue weighted by Gasteiger charge is 2.18. The van der Waals surface area contributed by atoms with Crippen molar-refractivity contribution < 1.29 is 4.74 Å². The van der Waals surface area contributed by atoms with Crippen LogP contribution < -0.4 is 0 Å². The van der Waals surface area contributed by atoms with Crippen LogP contribution in [0, 0.1) is 0 Å². The summed E-state index contributed by atoms with van der Waals surface area (Å²) in [6, 6.07) is 0. The molecule has 1 nitrogen and oxygen atoms in total. The largest absolute Gasteiger partial charge is 0.366 e. The van der Waals surface area contributed by atoms with Gasteiger partial charge >= 0.3 is 0 Å². The average molecular weight is 152 g/mol. The standard InChI is InChI=1S/C10H16O/c1-7(2)10-6-5-8(3)9(4)11-10/h5,9-10H,1,6H2,2-4H3/t9?,10-/m1/s1. The summed E-state index contributed by atoms with van der Waals surface area (Å²) >= 11 is 0. The smallest absolute Gasteiger partial charge is 0.0822 e. The molecular formula is C10H16O. The first-order chi connectivity index (χ1) is 5.11. The molecule has 0 saturated carbocycles. The molecule has 2 atom stereocenters. The van der Waals surface area contributed by atoms with Crippen LogP contribution in [0.4, 0.5) is 0 Å². The molecule has 11 heavy (non-hydrogen) atoms. The van der Waals surface area contributed by atoms with Crippen LogP contribution in [0.2, 0.25) is 0 Å². The van der Waals surface area contributed by atoms with Crippen molar-refractivity contribution >= 4 is 0 Å². The van der Waals surface area contributed by atoms with Gasteiger partial charge in [-0.15, -0.1) is 0 Å². The van der Waals surface area contributed by atoms with E-state index in [-0.39, 0.29) is 12.2 Å². The van der Waals surface area contributed by atoms with Gasteiger partial charge in [0, 0.05) is 0 Å². The van der Waals surface area contributed by atoms with Gasteiger partial charge in [-0.1, -0.05) is 18.2 Å². The molecule has 0 aromatic heterocycles. The van der Waals surface area contributed by atoms with Crippen LogP contribution in [0.5, 0.6) is 0 Å². The summed E-state index contributed by atoms with van der Waals surface area (Å²) < 4.78 is 5.69. The maximum Gasteiger partial charge on any atom is 0.0822 e. The second-order valence-electron chi connectivity index (χ2n) is 3.30. The minimum Gasteiger partial charge on any atom is -0.366 e. The van der Waals surface area contributed by atoms with Gasteiger partial charge in [0.2, 0.25) is 0 Å². The van der Waals surface area contributed by atoms with Gasteiger partial charge in [0.1, 0.15) is 0 Å². The van der Waals surface area contributed by atoms with Gasteiger partial charge in [0.15, 0.2) is 0 Å². The summed E-state index contributed by atoms with van der Waals surface area (Å²) in [6.07, 6.45) is 3.75. The molecule has 1 heteroatoms. The summed E-state index contributed by atoms with van der Waals surface area (Å²) in [6.45, 7) is 10.1. The summed E-state index contributed by atoms with van der Waals surface area (Å²) in [4.78, 5) is 0. The Morgan fingerprint density at radius 2 is 2.36 bits per heavy atom. The first-order valence-corrected chi connectivity index (χ1v) is 4.08. The number of hydrogen-bond acceptors (Lipinski definition) is 1. The molecule has 0 aliphatic carbocycles. The lowest BCUT2D eigenvalue weighted by molar-refractivity contribution is 0.0306. The topological polar surface area (TPSA) is 9.23 Å². The van der Waals surface area contributed by atoms with E-state index in [4.69, 9.17) is 4.74 Å². The zero-order valence-corrected chi connectivity index (χ0v) is 7.55. The van der Waals surface area contributed by atoms with Crippen molar-refractivity contribution in [3.8, 4) is 0 Å². The molecule has 1 rings (SSSR count). The molecule has 0 fully saturated rings. The predicted octanol–water partition coefficient (Wildman–Crippen LogP) is 2.69. The van der Waals surface area contributed by atoms with Gasteiger partial charge in [-0.3, -0.25) is 0 Å². The Morgan fingerprint density at radius 1 is 1.73 bits per heavy atom. The highest BCUT2D eigenvalue weighted by atomic mass is 16.5. The first-order valence-electron chi connectivity index (χ1n) is 4.08. The molecule has 0 amide bonds. The van der Waals surface area contributed by atoms with Crippen LogP contribution in [0.1, 0.15) is 27.2 Å². The van der Waals surface area contributed by atoms with Crippen LogP contribution in [0.25, 0.3) is 0 Å². The molecule has 0 aromatic rings. The molecule has 0 bridgehead atoms. The SMILES string of the molecule is C=C(C)[C@H]1CC=C(C)C(C)O1. The van der Waals surface area contributed by atoms with Crippen LogP contribution in [0.15, 0.2) is 23.8 Å². The van der Waals surface area contributed by atoms with E-state index in [0.717, 1.165) is 12.0 Å². The average Bonchev–Trinajstić information content (AvgIpc) is 1.94. The van der Waals surface area contributed by atoms with E-state index < -0.39 is 0 Å². The lowest BCUT2D eigenvalue weighted by Gasteiger charge is -2.27. The van der Waals surface area contributed by atoms with Crippen molar-refractivity contribution in [3.63, 3.8) is 0 Å². The van der Waals surface area contributed by atoms with Gasteiger partial charge < -0.3 is 4.74 Å². The van der Waals surface area contributed by atoms with E-state index >= 15 is 0 Å². The second-order valence-corrected chi connectivity index (χ2v) is 3.30. The Balaban J connectivity index is 2.62. The maximum absolute atomic E-state index is 5.69. The number of hydrogen-bond donors (Lipinski definition) is 0. The Hall–Kier alpha value is -0.560. The lowest BCUT2D eigenvalue weighted by atomic mass is 10.0. The summed E-state index contributed by atoms with van der Waals surface area (Å²) in [5.74, 6) is 0. The van der Waals surface area contributed by atoms with Gasteiger partial charge in [0.05, 0.1) is 12.2 Å². The lowest BCUT2D eigenvalue weighted by Crippen LogP contribution is -2.25. The Kier molecular flexibility index (Phi) is 2.50. The van der Waals surface area contributed by atoms with Crippen molar-refractivity contribution in [1.82, 2.24) is 0 Å². The highest BCUT2D eigenvalue weighted by molar-refractivity contribution is 5.13.